The Labute approximate surface area is 484 Å². The summed E-state index contributed by atoms with van der Waals surface area (Å²) in [5, 5.41) is 26.4. The molecule has 21 nitrogen and oxygen atoms in total. The van der Waals surface area contributed by atoms with Gasteiger partial charge in [-0.1, -0.05) is 64.2 Å². The minimum atomic E-state index is -2.48. The summed E-state index contributed by atoms with van der Waals surface area (Å²) in [4.78, 5) is 99.3. The molecule has 0 radical (unpaired) electrons. The minimum absolute atomic E-state index is 0.0126. The highest BCUT2D eigenvalue weighted by molar-refractivity contribution is 6.39. The number of hydrogen-bond donors (Lipinski definition) is 4. The molecule has 2 bridgehead atoms. The number of likely N-dealkylation sites (N-methyl/N-ethyl adjacent to an activating group) is 1. The van der Waals surface area contributed by atoms with Gasteiger partial charge in [-0.3, -0.25) is 19.2 Å². The lowest BCUT2D eigenvalue weighted by molar-refractivity contribution is -0.265. The van der Waals surface area contributed by atoms with Crippen LogP contribution >= 0.6 is 0 Å². The molecule has 5 N–H and O–H groups in total. The number of esters is 1. The van der Waals surface area contributed by atoms with Gasteiger partial charge in [0, 0.05) is 115 Å². The van der Waals surface area contributed by atoms with E-state index < -0.39 is 102 Å². The topological polar surface area (TPSA) is 272 Å². The maximum atomic E-state index is 14.6. The average molecular weight is 1150 g/mol. The minimum Gasteiger partial charge on any atom is -0.459 e. The summed E-state index contributed by atoms with van der Waals surface area (Å²) in [6, 6.07) is -2.16. The Hall–Kier alpha value is -5.26. The molecule has 15 atom stereocenters. The standard InChI is InChI=1S/C61H93N7O14/c1-37-16-12-11-13-17-38(2)50(77-8)32-45-21-19-42(6)61(76,82-45)56(72)57(73)68-23-15-14-18-47(68)58(74)80-51(33-48(69)39(3)29-41(5)54(71)55(79-10)53(70)40(4)28-37)46(62)30-43-20-22-49(52(31-43)78-9)81-60(75)65-36-44-34-63-59(64-35-44)67-26-24-66(7)25-27-67/h11-13,16-17,29,34-35,37,39-40,42-43,45-47,49-52,54-55,71,76H,14-15,18-28,30-33,36,62H2,1-10H3,(H,65,75)/b13-11?,16-12+,38-17?,41-29+/t37-,39-,40?,42-,43+,45+,46-,47+,49-,50+,51+,52-,54-,55+,61-/m1/s1. The Morgan fingerprint density at radius 3 is 2.26 bits per heavy atom. The molecule has 1 aromatic heterocycles. The van der Waals surface area contributed by atoms with Gasteiger partial charge in [0.15, 0.2) is 5.78 Å². The zero-order chi connectivity index (χ0) is 59.8. The second-order valence-electron chi connectivity index (χ2n) is 23.7. The van der Waals surface area contributed by atoms with Crippen LogP contribution in [0.4, 0.5) is 10.7 Å². The molecule has 2 amide bonds. The quantitative estimate of drug-likeness (QED) is 0.131. The molecule has 6 rings (SSSR count). The summed E-state index contributed by atoms with van der Waals surface area (Å²) < 4.78 is 35.6. The van der Waals surface area contributed by atoms with Crippen molar-refractivity contribution < 1.29 is 67.4 Å². The summed E-state index contributed by atoms with van der Waals surface area (Å²) in [6.45, 7) is 14.3. The number of nitrogens with zero attached hydrogens (tertiary/aromatic N) is 5. The summed E-state index contributed by atoms with van der Waals surface area (Å²) in [7, 11) is 6.55. The van der Waals surface area contributed by atoms with Crippen LogP contribution in [0.25, 0.3) is 0 Å². The number of hydrogen-bond acceptors (Lipinski definition) is 19. The molecular formula is C61H93N7O14. The highest BCUT2D eigenvalue weighted by atomic mass is 16.6. The number of ether oxygens (including phenoxy) is 6. The van der Waals surface area contributed by atoms with Gasteiger partial charge in [-0.25, -0.2) is 19.6 Å². The SMILES string of the molecule is CO[C@H]1C[C@@H]2CC[C@@H](C)[C@@](O)(O2)C(=O)C(=O)N2CCCC[C@H]2C(=O)O[C@H]([C@H](N)C[C@@H]2CC[C@@H](OC(=O)NCc3cnc(N4CCN(C)CC4)nc3)[C@H](OC)C2)CC(=O)[C@H](C)/C=C(\C)[C@@H](O)[C@@H](OC)C(=O)C(C)C[C@H](C)/C=C/C=CC=C1C. The van der Waals surface area contributed by atoms with Gasteiger partial charge < -0.3 is 64.4 Å². The van der Waals surface area contributed by atoms with E-state index in [1.54, 1.807) is 53.3 Å². The van der Waals surface area contributed by atoms with Crippen LogP contribution in [0.2, 0.25) is 0 Å². The Balaban J connectivity index is 1.20. The van der Waals surface area contributed by atoms with E-state index in [4.69, 9.17) is 34.2 Å². The monoisotopic (exact) mass is 1150 g/mol. The number of carbonyl (C=O) groups excluding carboxylic acids is 6. The van der Waals surface area contributed by atoms with Gasteiger partial charge in [0.25, 0.3) is 11.7 Å². The average Bonchev–Trinajstić information content (AvgIpc) is 3.54. The van der Waals surface area contributed by atoms with Gasteiger partial charge in [0.1, 0.15) is 36.2 Å². The molecule has 4 aliphatic heterocycles. The van der Waals surface area contributed by atoms with Crippen molar-refractivity contribution in [2.24, 2.45) is 35.3 Å². The molecule has 5 heterocycles. The van der Waals surface area contributed by atoms with Crippen LogP contribution in [-0.2, 0) is 58.9 Å². The van der Waals surface area contributed by atoms with Crippen LogP contribution in [0.1, 0.15) is 124 Å². The molecule has 1 saturated carbocycles. The van der Waals surface area contributed by atoms with Gasteiger partial charge in [0.05, 0.1) is 18.3 Å². The van der Waals surface area contributed by atoms with Crippen molar-refractivity contribution >= 4 is 41.3 Å². The summed E-state index contributed by atoms with van der Waals surface area (Å²) >= 11 is 0. The number of ketones is 3. The number of rotatable bonds is 10. The van der Waals surface area contributed by atoms with Crippen LogP contribution in [0.3, 0.4) is 0 Å². The molecular weight excluding hydrogens is 1050 g/mol. The number of alkyl carbamates (subject to hydrolysis) is 1. The third-order valence-corrected chi connectivity index (χ3v) is 17.4. The number of aliphatic hydroxyl groups excluding tert-OH is 1. The highest BCUT2D eigenvalue weighted by Gasteiger charge is 2.53. The first kappa shape index (κ1) is 65.9. The van der Waals surface area contributed by atoms with Crippen molar-refractivity contribution in [2.75, 3.05) is 66.0 Å². The Morgan fingerprint density at radius 2 is 1.57 bits per heavy atom. The molecule has 1 aromatic rings. The van der Waals surface area contributed by atoms with E-state index in [9.17, 15) is 39.0 Å². The van der Waals surface area contributed by atoms with Crippen molar-refractivity contribution in [1.82, 2.24) is 25.1 Å². The van der Waals surface area contributed by atoms with Crippen molar-refractivity contribution in [3.05, 3.63) is 65.6 Å². The number of cyclic esters (lactones) is 1. The molecule has 1 aliphatic carbocycles. The number of fused-ring (bicyclic) bond motifs is 3. The zero-order valence-corrected chi connectivity index (χ0v) is 50.0. The van der Waals surface area contributed by atoms with E-state index >= 15 is 0 Å². The third kappa shape index (κ3) is 17.7. The molecule has 82 heavy (non-hydrogen) atoms. The zero-order valence-electron chi connectivity index (χ0n) is 50.0. The first-order valence-corrected chi connectivity index (χ1v) is 29.5. The summed E-state index contributed by atoms with van der Waals surface area (Å²) in [5.41, 5.74) is 8.92. The van der Waals surface area contributed by atoms with Crippen LogP contribution in [0.5, 0.6) is 0 Å². The molecule has 4 fully saturated rings. The number of methoxy groups -OCH3 is 3. The van der Waals surface area contributed by atoms with Crippen molar-refractivity contribution in [2.45, 2.75) is 186 Å². The first-order chi connectivity index (χ1) is 39.1. The lowest BCUT2D eigenvalue weighted by Gasteiger charge is -2.42. The fourth-order valence-corrected chi connectivity index (χ4v) is 12.0. The fraction of sp³-hybridized carbons (Fsp3) is 0.705. The Bertz CT molecular complexity index is 2450. The third-order valence-electron chi connectivity index (χ3n) is 17.4. The van der Waals surface area contributed by atoms with Crippen LogP contribution in [0.15, 0.2) is 60.0 Å². The van der Waals surface area contributed by atoms with E-state index in [0.717, 1.165) is 36.7 Å². The van der Waals surface area contributed by atoms with E-state index in [-0.39, 0.29) is 62.2 Å². The predicted octanol–water partition coefficient (Wildman–Crippen LogP) is 5.35. The maximum Gasteiger partial charge on any atom is 0.407 e. The molecule has 0 aromatic carbocycles. The molecule has 0 spiro atoms. The number of nitrogens with two attached hydrogens (primary N) is 1. The Morgan fingerprint density at radius 1 is 0.854 bits per heavy atom. The number of allylic oxidation sites excluding steroid dienone is 6. The molecule has 456 valence electrons. The number of anilines is 1. The lowest BCUT2D eigenvalue weighted by atomic mass is 9.80. The Kier molecular flexibility index (Phi) is 24.9. The maximum absolute atomic E-state index is 14.6. The number of aromatic nitrogens is 2. The lowest BCUT2D eigenvalue weighted by Crippen LogP contribution is -2.61. The molecule has 3 saturated heterocycles. The molecule has 21 heteroatoms. The van der Waals surface area contributed by atoms with Gasteiger partial charge in [0.2, 0.25) is 11.7 Å². The molecule has 5 aliphatic rings. The van der Waals surface area contributed by atoms with Crippen molar-refractivity contribution in [3.8, 4) is 0 Å². The summed E-state index contributed by atoms with van der Waals surface area (Å²) in [6.07, 6.45) is 12.0. The normalized spacial score (nSPS) is 34.7. The molecule has 1 unspecified atom stereocenters. The second-order valence-corrected chi connectivity index (χ2v) is 23.7. The highest BCUT2D eigenvalue weighted by Crippen LogP contribution is 2.37. The number of piperazine rings is 1. The predicted molar refractivity (Wildman–Crippen MR) is 307 cm³/mol. The number of nitrogens with one attached hydrogen (secondary N) is 1. The van der Waals surface area contributed by atoms with Crippen molar-refractivity contribution in [1.29, 1.82) is 0 Å². The largest absolute Gasteiger partial charge is 0.459 e. The fourth-order valence-electron chi connectivity index (χ4n) is 12.0. The van der Waals surface area contributed by atoms with Gasteiger partial charge in [-0.15, -0.1) is 0 Å². The van der Waals surface area contributed by atoms with Crippen molar-refractivity contribution in [3.63, 3.8) is 0 Å². The number of piperidine rings is 1. The smallest absolute Gasteiger partial charge is 0.407 e. The van der Waals surface area contributed by atoms with Gasteiger partial charge in [-0.05, 0) is 108 Å². The van der Waals surface area contributed by atoms with E-state index in [2.05, 4.69) is 32.1 Å². The van der Waals surface area contributed by atoms with E-state index in [0.29, 0.717) is 68.5 Å². The summed E-state index contributed by atoms with van der Waals surface area (Å²) in [5.74, 6) is -7.84. The number of aliphatic hydroxyl groups is 2. The number of carbonyl (C=O) groups is 6. The van der Waals surface area contributed by atoms with Crippen LogP contribution in [-0.4, -0.2) is 187 Å². The number of Topliss-reactive ketones (excluding diaryl/α,β-unsaturated/α-hetero) is 3. The van der Waals surface area contributed by atoms with Gasteiger partial charge >= 0.3 is 12.1 Å². The van der Waals surface area contributed by atoms with E-state index in [1.807, 2.05) is 44.2 Å². The van der Waals surface area contributed by atoms with Crippen LogP contribution in [0, 0.1) is 29.6 Å². The van der Waals surface area contributed by atoms with Crippen LogP contribution < -0.4 is 16.0 Å². The second kappa shape index (κ2) is 31.0. The van der Waals surface area contributed by atoms with Gasteiger partial charge in [-0.2, -0.15) is 0 Å². The van der Waals surface area contributed by atoms with E-state index in [1.165, 1.54) is 14.2 Å². The first-order valence-electron chi connectivity index (χ1n) is 29.5. The number of amides is 2.